The van der Waals surface area contributed by atoms with Crippen molar-refractivity contribution in [2.45, 2.75) is 25.9 Å². The van der Waals surface area contributed by atoms with E-state index in [1.54, 1.807) is 6.20 Å². The molecule has 3 heterocycles. The molecule has 2 aromatic heterocycles. The van der Waals surface area contributed by atoms with Crippen molar-refractivity contribution in [2.24, 2.45) is 0 Å². The van der Waals surface area contributed by atoms with E-state index in [9.17, 15) is 4.79 Å². The van der Waals surface area contributed by atoms with Gasteiger partial charge in [0.2, 0.25) is 5.91 Å². The number of pyridine rings is 1. The van der Waals surface area contributed by atoms with Crippen molar-refractivity contribution < 1.29 is 13.9 Å². The van der Waals surface area contributed by atoms with Crippen LogP contribution in [0, 0.1) is 13.8 Å². The average molecular weight is 592 g/mol. The lowest BCUT2D eigenvalue weighted by atomic mass is 10.0. The van der Waals surface area contributed by atoms with Gasteiger partial charge in [-0.15, -0.1) is 0 Å². The van der Waals surface area contributed by atoms with Gasteiger partial charge in [-0.25, -0.2) is 0 Å². The van der Waals surface area contributed by atoms with Gasteiger partial charge in [0.1, 0.15) is 24.2 Å². The van der Waals surface area contributed by atoms with Crippen molar-refractivity contribution in [3.63, 3.8) is 0 Å². The molecule has 1 aliphatic rings. The number of nitrogens with one attached hydrogen (secondary N) is 2. The van der Waals surface area contributed by atoms with E-state index >= 15 is 0 Å². The van der Waals surface area contributed by atoms with Gasteiger partial charge >= 0.3 is 0 Å². The second-order valence-corrected chi connectivity index (χ2v) is 10.4. The summed E-state index contributed by atoms with van der Waals surface area (Å²) in [6, 6.07) is 21.3. The van der Waals surface area contributed by atoms with Crippen LogP contribution in [0.25, 0.3) is 11.3 Å². The molecule has 1 saturated heterocycles. The van der Waals surface area contributed by atoms with Gasteiger partial charge in [-0.3, -0.25) is 9.78 Å². The van der Waals surface area contributed by atoms with Crippen LogP contribution in [-0.4, -0.2) is 29.7 Å². The third-order valence-electron chi connectivity index (χ3n) is 6.44. The van der Waals surface area contributed by atoms with Gasteiger partial charge in [0.15, 0.2) is 5.11 Å². The number of thiocarbonyl (C=S) groups is 1. The number of amides is 1. The van der Waals surface area contributed by atoms with Crippen LogP contribution >= 0.6 is 28.1 Å². The number of halogens is 1. The van der Waals surface area contributed by atoms with E-state index in [1.807, 2.05) is 61.5 Å². The summed E-state index contributed by atoms with van der Waals surface area (Å²) in [5.41, 5.74) is 5.49. The first kappa shape index (κ1) is 26.1. The van der Waals surface area contributed by atoms with E-state index in [0.29, 0.717) is 5.11 Å². The molecule has 194 valence electrons. The molecule has 2 atom stereocenters. The molecule has 1 fully saturated rings. The Morgan fingerprint density at radius 2 is 2.00 bits per heavy atom. The van der Waals surface area contributed by atoms with Crippen LogP contribution in [0.1, 0.15) is 34.7 Å². The maximum atomic E-state index is 12.1. The van der Waals surface area contributed by atoms with Crippen LogP contribution in [0.4, 0.5) is 11.4 Å². The Labute approximate surface area is 235 Å². The predicted octanol–water partition coefficient (Wildman–Crippen LogP) is 6.48. The molecule has 2 aromatic carbocycles. The first-order chi connectivity index (χ1) is 18.4. The lowest BCUT2D eigenvalue weighted by molar-refractivity contribution is -0.119. The van der Waals surface area contributed by atoms with Crippen LogP contribution in [-0.2, 0) is 9.53 Å². The lowest BCUT2D eigenvalue weighted by Gasteiger charge is -2.27. The summed E-state index contributed by atoms with van der Waals surface area (Å²) >= 11 is 9.52. The Bertz CT molecular complexity index is 1490. The number of anilines is 2. The van der Waals surface area contributed by atoms with Gasteiger partial charge in [-0.2, -0.15) is 0 Å². The molecule has 0 aliphatic carbocycles. The molecular weight excluding hydrogens is 564 g/mol. The SMILES string of the molecule is COCC(=O)Nc1ccc(N2C(=S)N[C@H](c3ccccn3)[C@H]2c2ccc(-c3ccc(C)cc3Br)o2)cc1C. The zero-order valence-electron chi connectivity index (χ0n) is 21.2. The van der Waals surface area contributed by atoms with Crippen LogP contribution < -0.4 is 15.5 Å². The van der Waals surface area contributed by atoms with E-state index in [-0.39, 0.29) is 24.6 Å². The number of nitrogens with zero attached hydrogens (tertiary/aromatic N) is 2. The number of furan rings is 1. The number of aryl methyl sites for hydroxylation is 2. The summed E-state index contributed by atoms with van der Waals surface area (Å²) in [5, 5.41) is 6.91. The van der Waals surface area contributed by atoms with Crippen molar-refractivity contribution in [3.05, 3.63) is 100.0 Å². The molecule has 5 rings (SSSR count). The predicted molar refractivity (Wildman–Crippen MR) is 156 cm³/mol. The second kappa shape index (κ2) is 11.1. The molecule has 2 N–H and O–H groups in total. The number of aromatic nitrogens is 1. The van der Waals surface area contributed by atoms with E-state index in [0.717, 1.165) is 49.8 Å². The van der Waals surface area contributed by atoms with Crippen molar-refractivity contribution in [1.82, 2.24) is 10.3 Å². The number of ether oxygens (including phenoxy) is 1. The molecule has 0 radical (unpaired) electrons. The standard InChI is InChI=1S/C29H27BrN4O3S/c1-17-7-9-20(21(30)14-17)24-11-12-25(37-24)28-27(23-6-4-5-13-31-23)33-29(38)34(28)19-8-10-22(18(2)15-19)32-26(35)16-36-3/h4-15,27-28H,16H2,1-3H3,(H,32,35)(H,33,38)/t27-,28-/m1/s1. The number of carbonyl (C=O) groups excluding carboxylic acids is 1. The smallest absolute Gasteiger partial charge is 0.250 e. The first-order valence-electron chi connectivity index (χ1n) is 12.1. The molecule has 0 unspecified atom stereocenters. The second-order valence-electron chi connectivity index (χ2n) is 9.16. The fourth-order valence-corrected chi connectivity index (χ4v) is 5.69. The van der Waals surface area contributed by atoms with Crippen LogP contribution in [0.2, 0.25) is 0 Å². The molecule has 7 nitrogen and oxygen atoms in total. The topological polar surface area (TPSA) is 79.6 Å². The molecular formula is C29H27BrN4O3S. The highest BCUT2D eigenvalue weighted by atomic mass is 79.9. The van der Waals surface area contributed by atoms with Gasteiger partial charge in [0.25, 0.3) is 0 Å². The van der Waals surface area contributed by atoms with E-state index < -0.39 is 0 Å². The Balaban J connectivity index is 1.55. The number of hydrogen-bond acceptors (Lipinski definition) is 5. The Morgan fingerprint density at radius 3 is 2.71 bits per heavy atom. The zero-order valence-corrected chi connectivity index (χ0v) is 23.6. The maximum absolute atomic E-state index is 12.1. The highest BCUT2D eigenvalue weighted by Crippen LogP contribution is 2.44. The van der Waals surface area contributed by atoms with E-state index in [4.69, 9.17) is 21.4 Å². The van der Waals surface area contributed by atoms with Crippen molar-refractivity contribution in [3.8, 4) is 11.3 Å². The van der Waals surface area contributed by atoms with Gasteiger partial charge in [-0.05, 0) is 91.8 Å². The fourth-order valence-electron chi connectivity index (χ4n) is 4.65. The molecule has 1 aliphatic heterocycles. The maximum Gasteiger partial charge on any atom is 0.250 e. The highest BCUT2D eigenvalue weighted by molar-refractivity contribution is 9.10. The van der Waals surface area contributed by atoms with Crippen molar-refractivity contribution in [2.75, 3.05) is 23.9 Å². The lowest BCUT2D eigenvalue weighted by Crippen LogP contribution is -2.29. The fraction of sp³-hybridized carbons (Fsp3) is 0.207. The zero-order chi connectivity index (χ0) is 26.8. The molecule has 1 amide bonds. The van der Waals surface area contributed by atoms with E-state index in [1.165, 1.54) is 7.11 Å². The normalized spacial score (nSPS) is 16.9. The summed E-state index contributed by atoms with van der Waals surface area (Å²) < 4.78 is 12.4. The third-order valence-corrected chi connectivity index (χ3v) is 7.41. The van der Waals surface area contributed by atoms with Crippen LogP contribution in [0.15, 0.2) is 81.8 Å². The minimum absolute atomic E-state index is 0.00687. The van der Waals surface area contributed by atoms with Gasteiger partial charge in [0.05, 0.1) is 11.7 Å². The minimum Gasteiger partial charge on any atom is -0.459 e. The average Bonchev–Trinajstić information content (AvgIpc) is 3.50. The first-order valence-corrected chi connectivity index (χ1v) is 13.3. The molecule has 0 saturated carbocycles. The minimum atomic E-state index is -0.288. The number of hydrogen-bond donors (Lipinski definition) is 2. The highest BCUT2D eigenvalue weighted by Gasteiger charge is 2.42. The molecule has 38 heavy (non-hydrogen) atoms. The largest absolute Gasteiger partial charge is 0.459 e. The number of rotatable bonds is 7. The summed E-state index contributed by atoms with van der Waals surface area (Å²) in [4.78, 5) is 18.7. The quantitative estimate of drug-likeness (QED) is 0.238. The summed E-state index contributed by atoms with van der Waals surface area (Å²) in [5.74, 6) is 1.31. The Hall–Kier alpha value is -3.53. The number of carbonyl (C=O) groups is 1. The molecule has 9 heteroatoms. The summed E-state index contributed by atoms with van der Waals surface area (Å²) in [7, 11) is 1.49. The summed E-state index contributed by atoms with van der Waals surface area (Å²) in [6.07, 6.45) is 1.78. The van der Waals surface area contributed by atoms with Crippen molar-refractivity contribution >= 4 is 50.5 Å². The molecule has 4 aromatic rings. The van der Waals surface area contributed by atoms with Gasteiger partial charge in [-0.1, -0.05) is 28.1 Å². The Kier molecular flexibility index (Phi) is 7.60. The van der Waals surface area contributed by atoms with Gasteiger partial charge < -0.3 is 24.7 Å². The van der Waals surface area contributed by atoms with Crippen molar-refractivity contribution in [1.29, 1.82) is 0 Å². The van der Waals surface area contributed by atoms with Gasteiger partial charge in [0, 0.05) is 34.7 Å². The molecule has 0 spiro atoms. The monoisotopic (exact) mass is 590 g/mol. The Morgan fingerprint density at radius 1 is 1.16 bits per heavy atom. The number of benzene rings is 2. The van der Waals surface area contributed by atoms with Crippen LogP contribution in [0.3, 0.4) is 0 Å². The third kappa shape index (κ3) is 5.22. The van der Waals surface area contributed by atoms with Crippen LogP contribution in [0.5, 0.6) is 0 Å². The van der Waals surface area contributed by atoms with E-state index in [2.05, 4.69) is 55.5 Å². The number of methoxy groups -OCH3 is 1. The molecule has 0 bridgehead atoms. The summed E-state index contributed by atoms with van der Waals surface area (Å²) in [6.45, 7) is 4.00.